The lowest BCUT2D eigenvalue weighted by Crippen LogP contribution is -2.15. The first-order valence-corrected chi connectivity index (χ1v) is 6.90. The maximum absolute atomic E-state index is 12.0. The smallest absolute Gasteiger partial charge is 0.228 e. The molecule has 102 valence electrons. The SMILES string of the molecule is N#Cc1ccc(CC(=O)Nc2ccc(Br)cc2C#N)cc1. The van der Waals surface area contributed by atoms with Crippen LogP contribution in [0.1, 0.15) is 16.7 Å². The first-order chi connectivity index (χ1) is 10.1. The summed E-state index contributed by atoms with van der Waals surface area (Å²) in [5, 5.41) is 20.5. The predicted octanol–water partition coefficient (Wildman–Crippen LogP) is 3.37. The highest BCUT2D eigenvalue weighted by Gasteiger charge is 2.08. The van der Waals surface area contributed by atoms with Gasteiger partial charge in [-0.3, -0.25) is 4.79 Å². The minimum atomic E-state index is -0.210. The van der Waals surface area contributed by atoms with E-state index in [0.29, 0.717) is 16.8 Å². The molecule has 0 radical (unpaired) electrons. The van der Waals surface area contributed by atoms with Gasteiger partial charge in [-0.25, -0.2) is 0 Å². The van der Waals surface area contributed by atoms with E-state index >= 15 is 0 Å². The van der Waals surface area contributed by atoms with Crippen LogP contribution in [0.2, 0.25) is 0 Å². The Bertz CT molecular complexity index is 755. The molecule has 0 aliphatic carbocycles. The van der Waals surface area contributed by atoms with Crippen LogP contribution >= 0.6 is 15.9 Å². The van der Waals surface area contributed by atoms with Crippen molar-refractivity contribution in [3.05, 3.63) is 63.6 Å². The molecular weight excluding hydrogens is 330 g/mol. The Morgan fingerprint density at radius 3 is 2.43 bits per heavy atom. The highest BCUT2D eigenvalue weighted by molar-refractivity contribution is 9.10. The molecule has 1 N–H and O–H groups in total. The van der Waals surface area contributed by atoms with Gasteiger partial charge in [0.05, 0.1) is 29.3 Å². The van der Waals surface area contributed by atoms with Crippen molar-refractivity contribution in [2.75, 3.05) is 5.32 Å². The summed E-state index contributed by atoms with van der Waals surface area (Å²) in [5.41, 5.74) is 2.25. The van der Waals surface area contributed by atoms with Crippen molar-refractivity contribution < 1.29 is 4.79 Å². The van der Waals surface area contributed by atoms with E-state index < -0.39 is 0 Å². The molecule has 0 aliphatic heterocycles. The van der Waals surface area contributed by atoms with Crippen LogP contribution in [0.15, 0.2) is 46.9 Å². The number of halogens is 1. The molecule has 4 nitrogen and oxygen atoms in total. The minimum Gasteiger partial charge on any atom is -0.325 e. The standard InChI is InChI=1S/C16H10BrN3O/c17-14-5-6-15(13(8-14)10-19)20-16(21)7-11-1-3-12(9-18)4-2-11/h1-6,8H,7H2,(H,20,21). The van der Waals surface area contributed by atoms with Gasteiger partial charge in [-0.2, -0.15) is 10.5 Å². The molecule has 2 rings (SSSR count). The Morgan fingerprint density at radius 1 is 1.10 bits per heavy atom. The van der Waals surface area contributed by atoms with E-state index in [9.17, 15) is 4.79 Å². The number of hydrogen-bond acceptors (Lipinski definition) is 3. The molecule has 0 spiro atoms. The number of benzene rings is 2. The summed E-state index contributed by atoms with van der Waals surface area (Å²) in [5.74, 6) is -0.210. The minimum absolute atomic E-state index is 0.187. The molecule has 0 saturated heterocycles. The lowest BCUT2D eigenvalue weighted by molar-refractivity contribution is -0.115. The molecule has 0 unspecified atom stereocenters. The Morgan fingerprint density at radius 2 is 1.81 bits per heavy atom. The largest absolute Gasteiger partial charge is 0.325 e. The van der Waals surface area contributed by atoms with E-state index in [4.69, 9.17) is 10.5 Å². The van der Waals surface area contributed by atoms with Crippen LogP contribution in [0.5, 0.6) is 0 Å². The van der Waals surface area contributed by atoms with Crippen LogP contribution < -0.4 is 5.32 Å². The molecule has 0 saturated carbocycles. The zero-order chi connectivity index (χ0) is 15.2. The summed E-state index contributed by atoms with van der Waals surface area (Å²) in [7, 11) is 0. The van der Waals surface area contributed by atoms with E-state index in [1.54, 1.807) is 42.5 Å². The topological polar surface area (TPSA) is 76.7 Å². The maximum Gasteiger partial charge on any atom is 0.228 e. The molecule has 2 aromatic rings. The van der Waals surface area contributed by atoms with Crippen LogP contribution in [0.4, 0.5) is 5.69 Å². The van der Waals surface area contributed by atoms with Crippen molar-refractivity contribution in [2.45, 2.75) is 6.42 Å². The molecule has 0 aromatic heterocycles. The molecule has 0 atom stereocenters. The molecular formula is C16H10BrN3O. The quantitative estimate of drug-likeness (QED) is 0.931. The van der Waals surface area contributed by atoms with E-state index in [1.807, 2.05) is 12.1 Å². The number of anilines is 1. The van der Waals surface area contributed by atoms with Crippen LogP contribution in [-0.4, -0.2) is 5.91 Å². The molecule has 5 heteroatoms. The fourth-order valence-electron chi connectivity index (χ4n) is 1.79. The number of carbonyl (C=O) groups is 1. The third kappa shape index (κ3) is 3.92. The number of amides is 1. The van der Waals surface area contributed by atoms with Crippen LogP contribution in [0.3, 0.4) is 0 Å². The number of hydrogen-bond donors (Lipinski definition) is 1. The summed E-state index contributed by atoms with van der Waals surface area (Å²) in [4.78, 5) is 12.0. The van der Waals surface area contributed by atoms with Crippen molar-refractivity contribution in [3.63, 3.8) is 0 Å². The zero-order valence-electron chi connectivity index (χ0n) is 10.9. The summed E-state index contributed by atoms with van der Waals surface area (Å²) >= 11 is 3.28. The molecule has 21 heavy (non-hydrogen) atoms. The second kappa shape index (κ2) is 6.69. The Balaban J connectivity index is 2.08. The average molecular weight is 340 g/mol. The van der Waals surface area contributed by atoms with E-state index in [2.05, 4.69) is 21.2 Å². The van der Waals surface area contributed by atoms with E-state index in [1.165, 1.54) is 0 Å². The Hall–Kier alpha value is -2.63. The zero-order valence-corrected chi connectivity index (χ0v) is 12.5. The summed E-state index contributed by atoms with van der Waals surface area (Å²) in [6.07, 6.45) is 0.187. The summed E-state index contributed by atoms with van der Waals surface area (Å²) in [6.45, 7) is 0. The normalized spacial score (nSPS) is 9.48. The van der Waals surface area contributed by atoms with Gasteiger partial charge in [-0.1, -0.05) is 28.1 Å². The van der Waals surface area contributed by atoms with Gasteiger partial charge in [0.25, 0.3) is 0 Å². The Kier molecular flexibility index (Phi) is 4.71. The molecule has 0 heterocycles. The van der Waals surface area contributed by atoms with Gasteiger partial charge in [0.1, 0.15) is 6.07 Å². The van der Waals surface area contributed by atoms with Crippen molar-refractivity contribution in [2.24, 2.45) is 0 Å². The summed E-state index contributed by atoms with van der Waals surface area (Å²) < 4.78 is 0.782. The highest BCUT2D eigenvalue weighted by atomic mass is 79.9. The number of nitrogens with zero attached hydrogens (tertiary/aromatic N) is 2. The van der Waals surface area contributed by atoms with Gasteiger partial charge in [-0.15, -0.1) is 0 Å². The number of nitrogens with one attached hydrogen (secondary N) is 1. The van der Waals surface area contributed by atoms with Crippen LogP contribution in [-0.2, 0) is 11.2 Å². The average Bonchev–Trinajstić information content (AvgIpc) is 2.49. The van der Waals surface area contributed by atoms with Crippen LogP contribution in [0.25, 0.3) is 0 Å². The Labute approximate surface area is 130 Å². The maximum atomic E-state index is 12.0. The number of nitriles is 2. The second-order valence-electron chi connectivity index (χ2n) is 4.34. The summed E-state index contributed by atoms with van der Waals surface area (Å²) in [6, 6.07) is 16.0. The van der Waals surface area contributed by atoms with E-state index in [0.717, 1.165) is 10.0 Å². The van der Waals surface area contributed by atoms with Gasteiger partial charge < -0.3 is 5.32 Å². The molecule has 2 aromatic carbocycles. The van der Waals surface area contributed by atoms with E-state index in [-0.39, 0.29) is 12.3 Å². The third-order valence-corrected chi connectivity index (χ3v) is 3.32. The van der Waals surface area contributed by atoms with Gasteiger partial charge in [-0.05, 0) is 35.9 Å². The third-order valence-electron chi connectivity index (χ3n) is 2.82. The van der Waals surface area contributed by atoms with Gasteiger partial charge in [0, 0.05) is 4.47 Å². The van der Waals surface area contributed by atoms with Crippen molar-refractivity contribution in [1.29, 1.82) is 10.5 Å². The van der Waals surface area contributed by atoms with Crippen molar-refractivity contribution in [3.8, 4) is 12.1 Å². The monoisotopic (exact) mass is 339 g/mol. The molecule has 0 aliphatic rings. The van der Waals surface area contributed by atoms with Crippen LogP contribution in [0, 0.1) is 22.7 Å². The lowest BCUT2D eigenvalue weighted by Gasteiger charge is -2.07. The highest BCUT2D eigenvalue weighted by Crippen LogP contribution is 2.20. The fourth-order valence-corrected chi connectivity index (χ4v) is 2.16. The molecule has 1 amide bonds. The van der Waals surface area contributed by atoms with Crippen molar-refractivity contribution in [1.82, 2.24) is 0 Å². The van der Waals surface area contributed by atoms with Crippen molar-refractivity contribution >= 4 is 27.5 Å². The predicted molar refractivity (Wildman–Crippen MR) is 82.3 cm³/mol. The fraction of sp³-hybridized carbons (Fsp3) is 0.0625. The van der Waals surface area contributed by atoms with Gasteiger partial charge in [0.15, 0.2) is 0 Å². The molecule has 0 fully saturated rings. The van der Waals surface area contributed by atoms with Gasteiger partial charge >= 0.3 is 0 Å². The second-order valence-corrected chi connectivity index (χ2v) is 5.25. The van der Waals surface area contributed by atoms with Gasteiger partial charge in [0.2, 0.25) is 5.91 Å². The number of carbonyl (C=O) groups excluding carboxylic acids is 1. The number of rotatable bonds is 3. The lowest BCUT2D eigenvalue weighted by atomic mass is 10.1. The first kappa shape index (κ1) is 14.8. The first-order valence-electron chi connectivity index (χ1n) is 6.11. The molecule has 0 bridgehead atoms.